The van der Waals surface area contributed by atoms with E-state index >= 15 is 0 Å². The van der Waals surface area contributed by atoms with Crippen LogP contribution in [0, 0.1) is 0 Å². The van der Waals surface area contributed by atoms with Crippen LogP contribution in [0.5, 0.6) is 0 Å². The second kappa shape index (κ2) is 7.56. The van der Waals surface area contributed by atoms with Gasteiger partial charge < -0.3 is 14.7 Å². The molecule has 1 spiro atoms. The highest BCUT2D eigenvalue weighted by atomic mass is 16.5. The Morgan fingerprint density at radius 2 is 2.07 bits per heavy atom. The van der Waals surface area contributed by atoms with Gasteiger partial charge in [0.25, 0.3) is 0 Å². The topological polar surface area (TPSA) is 71.3 Å². The highest BCUT2D eigenvalue weighted by Crippen LogP contribution is 2.47. The quantitative estimate of drug-likeness (QED) is 0.838. The average Bonchev–Trinajstić information content (AvgIpc) is 3.07. The zero-order valence-corrected chi connectivity index (χ0v) is 17.2. The Labute approximate surface area is 172 Å². The molecule has 5 rings (SSSR count). The normalized spacial score (nSPS) is 27.7. The maximum absolute atomic E-state index is 12.9. The number of rotatable bonds is 2. The highest BCUT2D eigenvalue weighted by Gasteiger charge is 2.47. The predicted octanol–water partition coefficient (Wildman–Crippen LogP) is 3.64. The van der Waals surface area contributed by atoms with Crippen LogP contribution < -0.4 is 10.2 Å². The third-order valence-electron chi connectivity index (χ3n) is 7.05. The molecule has 1 N–H and O–H groups in total. The van der Waals surface area contributed by atoms with Gasteiger partial charge in [0.05, 0.1) is 5.41 Å². The second-order valence-electron chi connectivity index (χ2n) is 8.89. The van der Waals surface area contributed by atoms with Gasteiger partial charge in [0.1, 0.15) is 23.0 Å². The summed E-state index contributed by atoms with van der Waals surface area (Å²) in [6.07, 6.45) is 7.65. The summed E-state index contributed by atoms with van der Waals surface area (Å²) >= 11 is 0. The predicted molar refractivity (Wildman–Crippen MR) is 112 cm³/mol. The monoisotopic (exact) mass is 394 g/mol. The SMILES string of the molecule is C[C@H]1CNCCCN1c1cccc(-c2onc3c2CCC[C@@]32CCCCC2=O)n1. The molecule has 29 heavy (non-hydrogen) atoms. The minimum atomic E-state index is -0.407. The van der Waals surface area contributed by atoms with Crippen molar-refractivity contribution >= 4 is 11.6 Å². The number of hydrogen-bond donors (Lipinski definition) is 1. The van der Waals surface area contributed by atoms with E-state index in [4.69, 9.17) is 9.51 Å². The van der Waals surface area contributed by atoms with Crippen molar-refractivity contribution in [2.24, 2.45) is 0 Å². The van der Waals surface area contributed by atoms with Gasteiger partial charge in [-0.05, 0) is 64.1 Å². The number of carbonyl (C=O) groups is 1. The van der Waals surface area contributed by atoms with Crippen LogP contribution in [-0.2, 0) is 16.6 Å². The lowest BCUT2D eigenvalue weighted by atomic mass is 9.64. The molecule has 0 bridgehead atoms. The fraction of sp³-hybridized carbons (Fsp3) is 0.609. The number of nitrogens with one attached hydrogen (secondary N) is 1. The van der Waals surface area contributed by atoms with Gasteiger partial charge in [-0.25, -0.2) is 4.98 Å². The molecule has 2 aromatic rings. The second-order valence-corrected chi connectivity index (χ2v) is 8.89. The van der Waals surface area contributed by atoms with Gasteiger partial charge in [0.2, 0.25) is 0 Å². The molecule has 0 aromatic carbocycles. The van der Waals surface area contributed by atoms with Crippen LogP contribution in [-0.4, -0.2) is 41.6 Å². The lowest BCUT2D eigenvalue weighted by Crippen LogP contribution is -2.41. The number of ketones is 1. The van der Waals surface area contributed by atoms with E-state index in [9.17, 15) is 4.79 Å². The molecule has 6 heteroatoms. The first-order valence-electron chi connectivity index (χ1n) is 11.2. The van der Waals surface area contributed by atoms with Crippen molar-refractivity contribution in [3.05, 3.63) is 29.5 Å². The lowest BCUT2D eigenvalue weighted by molar-refractivity contribution is -0.127. The number of nitrogens with zero attached hydrogens (tertiary/aromatic N) is 3. The van der Waals surface area contributed by atoms with E-state index in [2.05, 4.69) is 34.4 Å². The zero-order chi connectivity index (χ0) is 19.8. The van der Waals surface area contributed by atoms with Crippen LogP contribution in [0.15, 0.2) is 22.7 Å². The first-order chi connectivity index (χ1) is 14.2. The molecule has 1 saturated carbocycles. The largest absolute Gasteiger partial charge is 0.354 e. The molecule has 2 aliphatic carbocycles. The summed E-state index contributed by atoms with van der Waals surface area (Å²) in [4.78, 5) is 20.2. The summed E-state index contributed by atoms with van der Waals surface area (Å²) < 4.78 is 5.88. The number of aromatic nitrogens is 2. The fourth-order valence-electron chi connectivity index (χ4n) is 5.48. The zero-order valence-electron chi connectivity index (χ0n) is 17.2. The Hall–Kier alpha value is -2.21. The number of pyridine rings is 1. The maximum atomic E-state index is 12.9. The summed E-state index contributed by atoms with van der Waals surface area (Å²) in [6, 6.07) is 6.55. The van der Waals surface area contributed by atoms with Gasteiger partial charge in [-0.15, -0.1) is 0 Å². The van der Waals surface area contributed by atoms with Crippen LogP contribution >= 0.6 is 0 Å². The minimum absolute atomic E-state index is 0.358. The van der Waals surface area contributed by atoms with E-state index in [-0.39, 0.29) is 0 Å². The van der Waals surface area contributed by atoms with Crippen LogP contribution in [0.25, 0.3) is 11.5 Å². The molecule has 2 aromatic heterocycles. The number of fused-ring (bicyclic) bond motifs is 2. The van der Waals surface area contributed by atoms with E-state index < -0.39 is 5.41 Å². The Balaban J connectivity index is 1.52. The number of carbonyl (C=O) groups excluding carboxylic acids is 1. The fourth-order valence-corrected chi connectivity index (χ4v) is 5.48. The minimum Gasteiger partial charge on any atom is -0.354 e. The first-order valence-corrected chi connectivity index (χ1v) is 11.2. The standard InChI is InChI=1S/C23H30N4O2/c1-16-15-24-13-6-14-27(16)20-10-4-8-18(25-20)21-17-7-5-12-23(22(17)26-29-21)11-3-2-9-19(23)28/h4,8,10,16,24H,2-3,5-7,9,11-15H2,1H3/t16-,23+/m0/s1. The van der Waals surface area contributed by atoms with Gasteiger partial charge >= 0.3 is 0 Å². The van der Waals surface area contributed by atoms with Crippen molar-refractivity contribution < 1.29 is 9.32 Å². The molecule has 1 aliphatic heterocycles. The van der Waals surface area contributed by atoms with Gasteiger partial charge in [-0.3, -0.25) is 4.79 Å². The molecule has 0 unspecified atom stereocenters. The van der Waals surface area contributed by atoms with Crippen LogP contribution in [0.2, 0.25) is 0 Å². The summed E-state index contributed by atoms with van der Waals surface area (Å²) in [7, 11) is 0. The summed E-state index contributed by atoms with van der Waals surface area (Å²) in [5.74, 6) is 2.11. The van der Waals surface area contributed by atoms with Crippen molar-refractivity contribution in [1.29, 1.82) is 0 Å². The third kappa shape index (κ3) is 3.18. The van der Waals surface area contributed by atoms with E-state index in [0.29, 0.717) is 18.2 Å². The average molecular weight is 395 g/mol. The first kappa shape index (κ1) is 18.8. The number of anilines is 1. The van der Waals surface area contributed by atoms with Gasteiger partial charge in [-0.1, -0.05) is 17.6 Å². The molecule has 2 fully saturated rings. The highest BCUT2D eigenvalue weighted by molar-refractivity contribution is 5.91. The molecule has 1 saturated heterocycles. The molecular formula is C23H30N4O2. The van der Waals surface area contributed by atoms with Gasteiger partial charge in [0, 0.05) is 31.1 Å². The van der Waals surface area contributed by atoms with Crippen LogP contribution in [0.4, 0.5) is 5.82 Å². The molecule has 154 valence electrons. The van der Waals surface area contributed by atoms with Crippen LogP contribution in [0.1, 0.15) is 63.1 Å². The lowest BCUT2D eigenvalue weighted by Gasteiger charge is -2.37. The van der Waals surface area contributed by atoms with E-state index in [1.165, 1.54) is 0 Å². The molecule has 3 heterocycles. The molecule has 3 aliphatic rings. The molecular weight excluding hydrogens is 364 g/mol. The molecule has 2 atom stereocenters. The number of hydrogen-bond acceptors (Lipinski definition) is 6. The van der Waals surface area contributed by atoms with Gasteiger partial charge in [-0.2, -0.15) is 0 Å². The Bertz CT molecular complexity index is 908. The third-order valence-corrected chi connectivity index (χ3v) is 7.05. The Kier molecular flexibility index (Phi) is 4.90. The van der Waals surface area contributed by atoms with Crippen LogP contribution in [0.3, 0.4) is 0 Å². The van der Waals surface area contributed by atoms with Crippen molar-refractivity contribution in [1.82, 2.24) is 15.5 Å². The van der Waals surface area contributed by atoms with Crippen molar-refractivity contribution in [2.75, 3.05) is 24.5 Å². The van der Waals surface area contributed by atoms with Crippen molar-refractivity contribution in [2.45, 2.75) is 69.7 Å². The Morgan fingerprint density at radius 1 is 1.17 bits per heavy atom. The Morgan fingerprint density at radius 3 is 2.97 bits per heavy atom. The molecule has 0 amide bonds. The smallest absolute Gasteiger partial charge is 0.188 e. The van der Waals surface area contributed by atoms with E-state index in [1.54, 1.807) is 0 Å². The summed E-state index contributed by atoms with van der Waals surface area (Å²) in [5.41, 5.74) is 2.45. The van der Waals surface area contributed by atoms with E-state index in [1.807, 2.05) is 6.07 Å². The van der Waals surface area contributed by atoms with E-state index in [0.717, 1.165) is 93.1 Å². The summed E-state index contributed by atoms with van der Waals surface area (Å²) in [5, 5.41) is 7.96. The summed E-state index contributed by atoms with van der Waals surface area (Å²) in [6.45, 7) is 5.25. The number of Topliss-reactive ketones (excluding diaryl/α,β-unsaturated/α-hetero) is 1. The molecule has 0 radical (unpaired) electrons. The van der Waals surface area contributed by atoms with Crippen molar-refractivity contribution in [3.63, 3.8) is 0 Å². The maximum Gasteiger partial charge on any atom is 0.188 e. The molecule has 6 nitrogen and oxygen atoms in total. The van der Waals surface area contributed by atoms with Gasteiger partial charge in [0.15, 0.2) is 5.76 Å². The van der Waals surface area contributed by atoms with Crippen molar-refractivity contribution in [3.8, 4) is 11.5 Å².